The Bertz CT molecular complexity index is 620. The van der Waals surface area contributed by atoms with E-state index in [1.54, 1.807) is 7.11 Å². The third kappa shape index (κ3) is 6.55. The van der Waals surface area contributed by atoms with E-state index in [2.05, 4.69) is 41.6 Å². The van der Waals surface area contributed by atoms with Crippen molar-refractivity contribution in [1.29, 1.82) is 0 Å². The van der Waals surface area contributed by atoms with Crippen molar-refractivity contribution >= 4 is 29.9 Å². The molecule has 1 heterocycles. The summed E-state index contributed by atoms with van der Waals surface area (Å²) in [6, 6.07) is 0.319. The smallest absolute Gasteiger partial charge is 0.192 e. The predicted molar refractivity (Wildman–Crippen MR) is 122 cm³/mol. The number of hydrogen-bond acceptors (Lipinski definition) is 5. The first kappa shape index (κ1) is 25.1. The van der Waals surface area contributed by atoms with Gasteiger partial charge in [0, 0.05) is 38.8 Å². The molecule has 0 bridgehead atoms. The minimum Gasteiger partial charge on any atom is -0.383 e. The summed E-state index contributed by atoms with van der Waals surface area (Å²) in [5.41, 5.74) is 0.0683. The lowest BCUT2D eigenvalue weighted by atomic mass is 9.64. The van der Waals surface area contributed by atoms with Gasteiger partial charge in [-0.05, 0) is 19.8 Å². The fourth-order valence-corrected chi connectivity index (χ4v) is 3.11. The van der Waals surface area contributed by atoms with Crippen LogP contribution < -0.4 is 10.6 Å². The molecule has 2 atom stereocenters. The van der Waals surface area contributed by atoms with E-state index in [0.717, 1.165) is 43.5 Å². The maximum absolute atomic E-state index is 6.05. The molecule has 0 amide bonds. The number of aryl methyl sites for hydroxylation is 1. The van der Waals surface area contributed by atoms with Gasteiger partial charge in [-0.1, -0.05) is 27.2 Å². The summed E-state index contributed by atoms with van der Waals surface area (Å²) in [6.45, 7) is 11.3. The zero-order valence-electron chi connectivity index (χ0n) is 18.1. The molecule has 1 saturated carbocycles. The van der Waals surface area contributed by atoms with Gasteiger partial charge < -0.3 is 24.7 Å². The molecule has 1 aliphatic rings. The van der Waals surface area contributed by atoms with Crippen LogP contribution >= 0.6 is 24.0 Å². The average Bonchev–Trinajstić information content (AvgIpc) is 2.96. The van der Waals surface area contributed by atoms with Gasteiger partial charge >= 0.3 is 0 Å². The molecule has 1 fully saturated rings. The highest BCUT2D eigenvalue weighted by molar-refractivity contribution is 14.0. The molecule has 1 aliphatic carbocycles. The van der Waals surface area contributed by atoms with Gasteiger partial charge in [0.2, 0.25) is 0 Å². The number of guanidine groups is 1. The summed E-state index contributed by atoms with van der Waals surface area (Å²) in [6.07, 6.45) is 3.57. The van der Waals surface area contributed by atoms with Gasteiger partial charge in [0.15, 0.2) is 11.8 Å². The van der Waals surface area contributed by atoms with Gasteiger partial charge in [0.05, 0.1) is 12.7 Å². The minimum absolute atomic E-state index is 0. The van der Waals surface area contributed by atoms with Crippen molar-refractivity contribution in [3.8, 4) is 0 Å². The Morgan fingerprint density at radius 1 is 1.32 bits per heavy atom. The normalized spacial score (nSPS) is 21.0. The minimum atomic E-state index is 0. The van der Waals surface area contributed by atoms with E-state index < -0.39 is 0 Å². The molecule has 28 heavy (non-hydrogen) atoms. The number of nitrogens with zero attached hydrogens (tertiary/aromatic N) is 4. The number of aromatic nitrogens is 3. The molecule has 8 nitrogen and oxygen atoms in total. The van der Waals surface area contributed by atoms with Crippen LogP contribution in [0, 0.1) is 12.3 Å². The average molecular weight is 508 g/mol. The summed E-state index contributed by atoms with van der Waals surface area (Å²) >= 11 is 0. The number of ether oxygens (including phenoxy) is 2. The van der Waals surface area contributed by atoms with E-state index in [1.165, 1.54) is 0 Å². The molecule has 1 aromatic rings. The molecule has 2 rings (SSSR count). The van der Waals surface area contributed by atoms with Crippen LogP contribution in [-0.4, -0.2) is 59.7 Å². The fraction of sp³-hybridized carbons (Fsp3) is 0.842. The van der Waals surface area contributed by atoms with Crippen LogP contribution in [0.5, 0.6) is 0 Å². The first-order chi connectivity index (χ1) is 12.9. The Kier molecular flexibility index (Phi) is 10.7. The van der Waals surface area contributed by atoms with Gasteiger partial charge in [-0.2, -0.15) is 0 Å². The van der Waals surface area contributed by atoms with Gasteiger partial charge in [0.25, 0.3) is 0 Å². The van der Waals surface area contributed by atoms with Crippen LogP contribution in [-0.2, 0) is 23.1 Å². The topological polar surface area (TPSA) is 85.6 Å². The largest absolute Gasteiger partial charge is 0.383 e. The molecule has 0 radical (unpaired) electrons. The third-order valence-corrected chi connectivity index (χ3v) is 5.47. The molecular formula is C19H37IN6O2. The van der Waals surface area contributed by atoms with Crippen LogP contribution in [0.25, 0.3) is 0 Å². The maximum Gasteiger partial charge on any atom is 0.192 e. The zero-order chi connectivity index (χ0) is 19.9. The molecule has 0 spiro atoms. The first-order valence-corrected chi connectivity index (χ1v) is 9.90. The molecule has 9 heteroatoms. The predicted octanol–water partition coefficient (Wildman–Crippen LogP) is 2.41. The number of rotatable bonds is 10. The number of aliphatic imine (C=N–C) groups is 1. The van der Waals surface area contributed by atoms with Crippen molar-refractivity contribution in [2.24, 2.45) is 17.5 Å². The second-order valence-corrected chi connectivity index (χ2v) is 7.77. The van der Waals surface area contributed by atoms with E-state index >= 15 is 0 Å². The standard InChI is InChI=1S/C19H36N6O2.HI/c1-7-8-10-27-16-12-15(19(16,3)4)22-18(20-9-11-26-6)21-13-17-24-23-14(2)25(17)5;/h15-16H,7-13H2,1-6H3,(H2,20,21,22);1H. The molecule has 0 saturated heterocycles. The fourth-order valence-electron chi connectivity index (χ4n) is 3.11. The molecule has 1 aromatic heterocycles. The Labute approximate surface area is 186 Å². The number of nitrogens with one attached hydrogen (secondary N) is 2. The van der Waals surface area contributed by atoms with Gasteiger partial charge in [-0.15, -0.1) is 34.2 Å². The van der Waals surface area contributed by atoms with Crippen LogP contribution in [0.1, 0.15) is 51.7 Å². The van der Waals surface area contributed by atoms with Gasteiger partial charge in [0.1, 0.15) is 12.4 Å². The van der Waals surface area contributed by atoms with Gasteiger partial charge in [-0.3, -0.25) is 0 Å². The lowest BCUT2D eigenvalue weighted by Gasteiger charge is -2.52. The lowest BCUT2D eigenvalue weighted by molar-refractivity contribution is -0.113. The highest BCUT2D eigenvalue weighted by Crippen LogP contribution is 2.42. The maximum atomic E-state index is 6.05. The lowest BCUT2D eigenvalue weighted by Crippen LogP contribution is -2.63. The van der Waals surface area contributed by atoms with Crippen LogP contribution in [0.3, 0.4) is 0 Å². The van der Waals surface area contributed by atoms with E-state index in [1.807, 2.05) is 18.5 Å². The van der Waals surface area contributed by atoms with E-state index in [9.17, 15) is 0 Å². The van der Waals surface area contributed by atoms with Crippen LogP contribution in [0.15, 0.2) is 4.99 Å². The van der Waals surface area contributed by atoms with E-state index in [0.29, 0.717) is 31.8 Å². The van der Waals surface area contributed by atoms with Crippen molar-refractivity contribution in [3.63, 3.8) is 0 Å². The molecule has 162 valence electrons. The number of halogens is 1. The van der Waals surface area contributed by atoms with Gasteiger partial charge in [-0.25, -0.2) is 4.99 Å². The van der Waals surface area contributed by atoms with Crippen LogP contribution in [0.2, 0.25) is 0 Å². The number of methoxy groups -OCH3 is 1. The Morgan fingerprint density at radius 3 is 2.64 bits per heavy atom. The van der Waals surface area contributed by atoms with Crippen molar-refractivity contribution in [2.45, 2.75) is 65.6 Å². The van der Waals surface area contributed by atoms with Crippen LogP contribution in [0.4, 0.5) is 0 Å². The summed E-state index contributed by atoms with van der Waals surface area (Å²) in [5.74, 6) is 2.50. The van der Waals surface area contributed by atoms with Crippen molar-refractivity contribution in [1.82, 2.24) is 25.4 Å². The molecule has 0 aliphatic heterocycles. The highest BCUT2D eigenvalue weighted by Gasteiger charge is 2.49. The Hall–Kier alpha value is -0.940. The Balaban J connectivity index is 0.00000392. The van der Waals surface area contributed by atoms with Crippen molar-refractivity contribution in [2.75, 3.05) is 26.9 Å². The zero-order valence-corrected chi connectivity index (χ0v) is 20.4. The second kappa shape index (κ2) is 11.9. The van der Waals surface area contributed by atoms with Crippen molar-refractivity contribution < 1.29 is 9.47 Å². The first-order valence-electron chi connectivity index (χ1n) is 9.90. The van der Waals surface area contributed by atoms with E-state index in [-0.39, 0.29) is 29.4 Å². The monoisotopic (exact) mass is 508 g/mol. The third-order valence-electron chi connectivity index (χ3n) is 5.47. The molecule has 2 unspecified atom stereocenters. The molecular weight excluding hydrogens is 471 g/mol. The number of unbranched alkanes of at least 4 members (excludes halogenated alkanes) is 1. The Morgan fingerprint density at radius 2 is 2.07 bits per heavy atom. The SMILES string of the molecule is CCCCOC1CC(NC(=NCc2nnc(C)n2C)NCCOC)C1(C)C.I. The van der Waals surface area contributed by atoms with E-state index in [4.69, 9.17) is 14.5 Å². The van der Waals surface area contributed by atoms with Crippen molar-refractivity contribution in [3.05, 3.63) is 11.6 Å². The number of hydrogen-bond donors (Lipinski definition) is 2. The molecule has 2 N–H and O–H groups in total. The highest BCUT2D eigenvalue weighted by atomic mass is 127. The summed E-state index contributed by atoms with van der Waals surface area (Å²) < 4.78 is 13.2. The summed E-state index contributed by atoms with van der Waals surface area (Å²) in [7, 11) is 3.65. The molecule has 0 aromatic carbocycles. The quantitative estimate of drug-likeness (QED) is 0.219. The summed E-state index contributed by atoms with van der Waals surface area (Å²) in [4.78, 5) is 4.70. The summed E-state index contributed by atoms with van der Waals surface area (Å²) in [5, 5.41) is 15.2. The second-order valence-electron chi connectivity index (χ2n) is 7.77.